The van der Waals surface area contributed by atoms with Gasteiger partial charge >= 0.3 is 0 Å². The zero-order valence-electron chi connectivity index (χ0n) is 9.50. The third-order valence-corrected chi connectivity index (χ3v) is 2.45. The Morgan fingerprint density at radius 3 is 3.06 bits per heavy atom. The van der Waals surface area contributed by atoms with Gasteiger partial charge in [0.25, 0.3) is 0 Å². The first-order valence-electron chi connectivity index (χ1n) is 5.43. The molecule has 2 heterocycles. The molecule has 0 saturated carbocycles. The summed E-state index contributed by atoms with van der Waals surface area (Å²) in [6.45, 7) is 1.97. The van der Waals surface area contributed by atoms with E-state index in [0.29, 0.717) is 23.8 Å². The highest BCUT2D eigenvalue weighted by atomic mass is 16.5. The van der Waals surface area contributed by atoms with Gasteiger partial charge in [0.05, 0.1) is 6.07 Å². The first-order chi connectivity index (χ1) is 8.31. The van der Waals surface area contributed by atoms with E-state index in [2.05, 4.69) is 21.2 Å². The van der Waals surface area contributed by atoms with Gasteiger partial charge in [0.1, 0.15) is 5.69 Å². The van der Waals surface area contributed by atoms with Crippen molar-refractivity contribution in [1.82, 2.24) is 15.1 Å². The molecule has 0 aromatic carbocycles. The Bertz CT molecular complexity index is 515. The molecule has 1 atom stereocenters. The van der Waals surface area contributed by atoms with Crippen LogP contribution in [0.15, 0.2) is 28.9 Å². The second-order valence-corrected chi connectivity index (χ2v) is 3.77. The largest absolute Gasteiger partial charge is 0.339 e. The minimum Gasteiger partial charge on any atom is -0.339 e. The average molecular weight is 228 g/mol. The predicted molar refractivity (Wildman–Crippen MR) is 60.8 cm³/mol. The summed E-state index contributed by atoms with van der Waals surface area (Å²) in [5.74, 6) is 1.14. The van der Waals surface area contributed by atoms with Crippen LogP contribution in [0.1, 0.15) is 31.6 Å². The number of nitriles is 1. The van der Waals surface area contributed by atoms with Crippen molar-refractivity contribution in [1.29, 1.82) is 5.26 Å². The van der Waals surface area contributed by atoms with Crippen molar-refractivity contribution >= 4 is 0 Å². The summed E-state index contributed by atoms with van der Waals surface area (Å²) in [5, 5.41) is 12.4. The maximum atomic E-state index is 8.52. The molecule has 0 saturated heterocycles. The van der Waals surface area contributed by atoms with Crippen molar-refractivity contribution < 1.29 is 4.52 Å². The fraction of sp³-hybridized carbons (Fsp3) is 0.333. The standard InChI is InChI=1S/C12H12N4O/c1-9(5-4-7-13)12-15-11(16-17-12)10-6-2-3-8-14-10/h2-3,6,8-9H,4-5H2,1H3. The second kappa shape index (κ2) is 5.21. The molecule has 0 N–H and O–H groups in total. The highest BCUT2D eigenvalue weighted by molar-refractivity contribution is 5.47. The van der Waals surface area contributed by atoms with Crippen LogP contribution in [0.2, 0.25) is 0 Å². The molecule has 5 heteroatoms. The average Bonchev–Trinajstić information content (AvgIpc) is 2.86. The fourth-order valence-electron chi connectivity index (χ4n) is 1.44. The summed E-state index contributed by atoms with van der Waals surface area (Å²) in [6, 6.07) is 7.64. The summed E-state index contributed by atoms with van der Waals surface area (Å²) in [4.78, 5) is 8.43. The van der Waals surface area contributed by atoms with Gasteiger partial charge in [-0.1, -0.05) is 18.1 Å². The lowest BCUT2D eigenvalue weighted by Gasteiger charge is -2.00. The molecule has 2 rings (SSSR count). The maximum Gasteiger partial charge on any atom is 0.229 e. The predicted octanol–water partition coefficient (Wildman–Crippen LogP) is 2.54. The molecule has 0 aliphatic heterocycles. The minimum atomic E-state index is 0.0969. The van der Waals surface area contributed by atoms with Gasteiger partial charge in [-0.3, -0.25) is 4.98 Å². The van der Waals surface area contributed by atoms with E-state index in [1.165, 1.54) is 0 Å². The van der Waals surface area contributed by atoms with Crippen molar-refractivity contribution in [3.05, 3.63) is 30.3 Å². The Kier molecular flexibility index (Phi) is 3.46. The van der Waals surface area contributed by atoms with Gasteiger partial charge in [-0.05, 0) is 18.6 Å². The topological polar surface area (TPSA) is 75.6 Å². The highest BCUT2D eigenvalue weighted by Crippen LogP contribution is 2.21. The quantitative estimate of drug-likeness (QED) is 0.803. The van der Waals surface area contributed by atoms with Gasteiger partial charge in [0.2, 0.25) is 11.7 Å². The third-order valence-electron chi connectivity index (χ3n) is 2.45. The van der Waals surface area contributed by atoms with Gasteiger partial charge in [-0.15, -0.1) is 0 Å². The van der Waals surface area contributed by atoms with Crippen LogP contribution in [0.3, 0.4) is 0 Å². The molecule has 0 aliphatic carbocycles. The van der Waals surface area contributed by atoms with Crippen molar-refractivity contribution in [3.8, 4) is 17.6 Å². The van der Waals surface area contributed by atoms with Crippen LogP contribution in [-0.2, 0) is 0 Å². The molecular weight excluding hydrogens is 216 g/mol. The van der Waals surface area contributed by atoms with E-state index in [1.807, 2.05) is 25.1 Å². The van der Waals surface area contributed by atoms with Crippen LogP contribution in [0, 0.1) is 11.3 Å². The summed E-state index contributed by atoms with van der Waals surface area (Å²) in [6.07, 6.45) is 2.90. The Hall–Kier alpha value is -2.22. The number of nitrogens with zero attached hydrogens (tertiary/aromatic N) is 4. The molecule has 0 spiro atoms. The van der Waals surface area contributed by atoms with E-state index in [0.717, 1.165) is 6.42 Å². The third kappa shape index (κ3) is 2.67. The molecule has 0 fully saturated rings. The lowest BCUT2D eigenvalue weighted by molar-refractivity contribution is 0.355. The van der Waals surface area contributed by atoms with Crippen molar-refractivity contribution in [3.63, 3.8) is 0 Å². The molecule has 0 bridgehead atoms. The molecule has 1 unspecified atom stereocenters. The molecule has 2 aromatic rings. The van der Waals surface area contributed by atoms with Crippen molar-refractivity contribution in [2.75, 3.05) is 0 Å². The highest BCUT2D eigenvalue weighted by Gasteiger charge is 2.15. The first-order valence-corrected chi connectivity index (χ1v) is 5.43. The fourth-order valence-corrected chi connectivity index (χ4v) is 1.44. The van der Waals surface area contributed by atoms with E-state index < -0.39 is 0 Å². The maximum absolute atomic E-state index is 8.52. The summed E-state index contributed by atoms with van der Waals surface area (Å²) >= 11 is 0. The molecule has 0 aliphatic rings. The Morgan fingerprint density at radius 1 is 1.47 bits per heavy atom. The molecule has 5 nitrogen and oxygen atoms in total. The van der Waals surface area contributed by atoms with E-state index in [1.54, 1.807) is 6.20 Å². The second-order valence-electron chi connectivity index (χ2n) is 3.77. The normalized spacial score (nSPS) is 12.0. The number of pyridine rings is 1. The van der Waals surface area contributed by atoms with Crippen molar-refractivity contribution in [2.45, 2.75) is 25.7 Å². The Morgan fingerprint density at radius 2 is 2.35 bits per heavy atom. The van der Waals surface area contributed by atoms with Crippen LogP contribution >= 0.6 is 0 Å². The number of hydrogen-bond acceptors (Lipinski definition) is 5. The van der Waals surface area contributed by atoms with E-state index in [4.69, 9.17) is 9.78 Å². The van der Waals surface area contributed by atoms with Gasteiger partial charge in [0, 0.05) is 18.5 Å². The van der Waals surface area contributed by atoms with Crippen molar-refractivity contribution in [2.24, 2.45) is 0 Å². The Labute approximate surface area is 99.1 Å². The van der Waals surface area contributed by atoms with E-state index in [9.17, 15) is 0 Å². The van der Waals surface area contributed by atoms with Crippen LogP contribution in [-0.4, -0.2) is 15.1 Å². The molecule has 0 amide bonds. The van der Waals surface area contributed by atoms with Crippen LogP contribution in [0.4, 0.5) is 0 Å². The summed E-state index contributed by atoms with van der Waals surface area (Å²) in [7, 11) is 0. The number of rotatable bonds is 4. The zero-order valence-corrected chi connectivity index (χ0v) is 9.50. The lowest BCUT2D eigenvalue weighted by atomic mass is 10.1. The van der Waals surface area contributed by atoms with Gasteiger partial charge in [-0.2, -0.15) is 10.2 Å². The van der Waals surface area contributed by atoms with E-state index in [-0.39, 0.29) is 5.92 Å². The van der Waals surface area contributed by atoms with Crippen LogP contribution < -0.4 is 0 Å². The summed E-state index contributed by atoms with van der Waals surface area (Å²) in [5.41, 5.74) is 0.690. The smallest absolute Gasteiger partial charge is 0.229 e. The summed E-state index contributed by atoms with van der Waals surface area (Å²) < 4.78 is 5.17. The van der Waals surface area contributed by atoms with Gasteiger partial charge < -0.3 is 4.52 Å². The Balaban J connectivity index is 2.14. The monoisotopic (exact) mass is 228 g/mol. The molecular formula is C12H12N4O. The van der Waals surface area contributed by atoms with E-state index >= 15 is 0 Å². The molecule has 17 heavy (non-hydrogen) atoms. The molecule has 0 radical (unpaired) electrons. The van der Waals surface area contributed by atoms with Gasteiger partial charge in [0.15, 0.2) is 0 Å². The SMILES string of the molecule is CC(CCC#N)c1nc(-c2ccccn2)no1. The first kappa shape index (κ1) is 11.3. The molecule has 86 valence electrons. The molecule has 2 aromatic heterocycles. The minimum absolute atomic E-state index is 0.0969. The number of aromatic nitrogens is 3. The van der Waals surface area contributed by atoms with Gasteiger partial charge in [-0.25, -0.2) is 0 Å². The van der Waals surface area contributed by atoms with Crippen LogP contribution in [0.5, 0.6) is 0 Å². The number of hydrogen-bond donors (Lipinski definition) is 0. The zero-order chi connectivity index (χ0) is 12.1. The van der Waals surface area contributed by atoms with Crippen LogP contribution in [0.25, 0.3) is 11.5 Å². The lowest BCUT2D eigenvalue weighted by Crippen LogP contribution is -1.93.